The van der Waals surface area contributed by atoms with E-state index in [4.69, 9.17) is 15.2 Å². The third kappa shape index (κ3) is 3.71. The molecule has 0 spiro atoms. The third-order valence-corrected chi connectivity index (χ3v) is 4.39. The van der Waals surface area contributed by atoms with Gasteiger partial charge in [0.15, 0.2) is 6.61 Å². The SMILES string of the molecule is CCOC(=O)c1c(C)[nH]c(C(=O)COC(=O)c2c(C)nsc2N)c1C. The zero-order chi connectivity index (χ0) is 18.7. The summed E-state index contributed by atoms with van der Waals surface area (Å²) < 4.78 is 14.0. The lowest BCUT2D eigenvalue weighted by Crippen LogP contribution is -2.16. The number of carbonyl (C=O) groups excluding carboxylic acids is 3. The van der Waals surface area contributed by atoms with Gasteiger partial charge in [-0.3, -0.25) is 4.79 Å². The van der Waals surface area contributed by atoms with Crippen LogP contribution in [0.2, 0.25) is 0 Å². The van der Waals surface area contributed by atoms with E-state index < -0.39 is 24.3 Å². The Bertz CT molecular complexity index is 818. The molecule has 0 unspecified atom stereocenters. The van der Waals surface area contributed by atoms with E-state index in [9.17, 15) is 14.4 Å². The van der Waals surface area contributed by atoms with Crippen molar-refractivity contribution in [2.45, 2.75) is 27.7 Å². The second-order valence-corrected chi connectivity index (χ2v) is 6.16. The van der Waals surface area contributed by atoms with Crippen molar-refractivity contribution in [3.63, 3.8) is 0 Å². The molecular weight excluding hydrogens is 346 g/mol. The Kier molecular flexibility index (Phi) is 5.58. The van der Waals surface area contributed by atoms with Gasteiger partial charge in [0.05, 0.1) is 23.6 Å². The molecule has 0 fully saturated rings. The lowest BCUT2D eigenvalue weighted by atomic mass is 10.1. The third-order valence-electron chi connectivity index (χ3n) is 3.62. The van der Waals surface area contributed by atoms with Crippen LogP contribution < -0.4 is 5.73 Å². The normalized spacial score (nSPS) is 10.6. The van der Waals surface area contributed by atoms with Crippen LogP contribution in [0.3, 0.4) is 0 Å². The van der Waals surface area contributed by atoms with Crippen molar-refractivity contribution in [3.05, 3.63) is 33.8 Å². The lowest BCUT2D eigenvalue weighted by molar-refractivity contribution is 0.0472. The van der Waals surface area contributed by atoms with Gasteiger partial charge in [-0.15, -0.1) is 0 Å². The number of esters is 2. The maximum atomic E-state index is 12.4. The predicted molar refractivity (Wildman–Crippen MR) is 92.1 cm³/mol. The average Bonchev–Trinajstić information content (AvgIpc) is 3.04. The summed E-state index contributed by atoms with van der Waals surface area (Å²) in [5, 5.41) is 0.242. The first-order valence-electron chi connectivity index (χ1n) is 7.56. The Morgan fingerprint density at radius 2 is 1.76 bits per heavy atom. The number of carbonyl (C=O) groups is 3. The van der Waals surface area contributed by atoms with Gasteiger partial charge in [-0.25, -0.2) is 9.59 Å². The van der Waals surface area contributed by atoms with Crippen molar-refractivity contribution in [1.82, 2.24) is 9.36 Å². The van der Waals surface area contributed by atoms with Gasteiger partial charge in [0, 0.05) is 5.69 Å². The second kappa shape index (κ2) is 7.47. The van der Waals surface area contributed by atoms with E-state index in [1.54, 1.807) is 27.7 Å². The first kappa shape index (κ1) is 18.7. The summed E-state index contributed by atoms with van der Waals surface area (Å²) in [5.74, 6) is -1.66. The highest BCUT2D eigenvalue weighted by molar-refractivity contribution is 7.10. The van der Waals surface area contributed by atoms with Crippen LogP contribution in [0.15, 0.2) is 0 Å². The van der Waals surface area contributed by atoms with Gasteiger partial charge in [0.25, 0.3) is 0 Å². The first-order chi connectivity index (χ1) is 11.8. The molecule has 3 N–H and O–H groups in total. The number of aromatic amines is 1. The monoisotopic (exact) mass is 365 g/mol. The fourth-order valence-corrected chi connectivity index (χ4v) is 3.10. The minimum absolute atomic E-state index is 0.171. The lowest BCUT2D eigenvalue weighted by Gasteiger charge is -2.05. The Morgan fingerprint density at radius 3 is 2.32 bits per heavy atom. The standard InChI is InChI=1S/C16H19N3O5S/c1-5-23-15(21)11-7(2)13(18-8(11)3)10(20)6-24-16(22)12-9(4)19-25-14(12)17/h18H,5-6,17H2,1-4H3. The van der Waals surface area contributed by atoms with Crippen LogP contribution in [-0.4, -0.2) is 40.3 Å². The van der Waals surface area contributed by atoms with Gasteiger partial charge in [0.1, 0.15) is 10.6 Å². The number of hydrogen-bond donors (Lipinski definition) is 2. The first-order valence-corrected chi connectivity index (χ1v) is 8.33. The fraction of sp³-hybridized carbons (Fsp3) is 0.375. The minimum atomic E-state index is -0.705. The largest absolute Gasteiger partial charge is 0.462 e. The van der Waals surface area contributed by atoms with E-state index in [1.165, 1.54) is 0 Å². The molecule has 2 aromatic rings. The smallest absolute Gasteiger partial charge is 0.343 e. The Hall–Kier alpha value is -2.68. The zero-order valence-corrected chi connectivity index (χ0v) is 15.2. The average molecular weight is 365 g/mol. The summed E-state index contributed by atoms with van der Waals surface area (Å²) in [6, 6.07) is 0. The van der Waals surface area contributed by atoms with E-state index in [1.807, 2.05) is 0 Å². The van der Waals surface area contributed by atoms with Crippen molar-refractivity contribution >= 4 is 34.3 Å². The predicted octanol–water partition coefficient (Wildman–Crippen LogP) is 2.20. The van der Waals surface area contributed by atoms with Crippen LogP contribution in [0.1, 0.15) is 55.1 Å². The maximum absolute atomic E-state index is 12.4. The number of nitrogen functional groups attached to an aromatic ring is 1. The number of aryl methyl sites for hydroxylation is 2. The summed E-state index contributed by atoms with van der Waals surface area (Å²) >= 11 is 0.990. The number of ketones is 1. The molecule has 0 saturated heterocycles. The second-order valence-electron chi connectivity index (χ2n) is 5.35. The van der Waals surface area contributed by atoms with Crippen LogP contribution in [0.4, 0.5) is 5.00 Å². The van der Waals surface area contributed by atoms with Crippen molar-refractivity contribution < 1.29 is 23.9 Å². The van der Waals surface area contributed by atoms with E-state index in [-0.39, 0.29) is 22.9 Å². The molecule has 2 aromatic heterocycles. The molecule has 134 valence electrons. The molecule has 25 heavy (non-hydrogen) atoms. The minimum Gasteiger partial charge on any atom is -0.462 e. The van der Waals surface area contributed by atoms with Gasteiger partial charge < -0.3 is 20.2 Å². The number of aromatic nitrogens is 2. The summed E-state index contributed by atoms with van der Waals surface area (Å²) in [6.07, 6.45) is 0. The zero-order valence-electron chi connectivity index (χ0n) is 14.4. The molecule has 0 aliphatic heterocycles. The molecule has 9 heteroatoms. The number of ether oxygens (including phenoxy) is 2. The molecule has 2 heterocycles. The Labute approximate surface area is 148 Å². The summed E-state index contributed by atoms with van der Waals surface area (Å²) in [7, 11) is 0. The molecule has 2 rings (SSSR count). The van der Waals surface area contributed by atoms with Gasteiger partial charge >= 0.3 is 11.9 Å². The molecule has 0 bridgehead atoms. The Morgan fingerprint density at radius 1 is 1.12 bits per heavy atom. The molecular formula is C16H19N3O5S. The number of nitrogens with one attached hydrogen (secondary N) is 1. The molecule has 0 radical (unpaired) electrons. The molecule has 8 nitrogen and oxygen atoms in total. The van der Waals surface area contributed by atoms with E-state index in [0.717, 1.165) is 11.5 Å². The topological polar surface area (TPSA) is 124 Å². The molecule has 0 atom stereocenters. The van der Waals surface area contributed by atoms with Crippen molar-refractivity contribution in [1.29, 1.82) is 0 Å². The molecule has 0 aromatic carbocycles. The summed E-state index contributed by atoms with van der Waals surface area (Å²) in [4.78, 5) is 39.2. The molecule has 0 aliphatic rings. The van der Waals surface area contributed by atoms with Crippen molar-refractivity contribution in [2.24, 2.45) is 0 Å². The van der Waals surface area contributed by atoms with Gasteiger partial charge in [-0.05, 0) is 44.8 Å². The van der Waals surface area contributed by atoms with Crippen LogP contribution in [0.25, 0.3) is 0 Å². The fourth-order valence-electron chi connectivity index (χ4n) is 2.45. The number of anilines is 1. The number of Topliss-reactive ketones (excluding diaryl/α,β-unsaturated/α-hetero) is 1. The number of nitrogens with two attached hydrogens (primary N) is 1. The number of hydrogen-bond acceptors (Lipinski definition) is 8. The number of H-pyrrole nitrogens is 1. The van der Waals surface area contributed by atoms with E-state index >= 15 is 0 Å². The quantitative estimate of drug-likeness (QED) is 0.594. The van der Waals surface area contributed by atoms with Crippen LogP contribution in [0, 0.1) is 20.8 Å². The van der Waals surface area contributed by atoms with Gasteiger partial charge in [-0.1, -0.05) is 0 Å². The van der Waals surface area contributed by atoms with E-state index in [2.05, 4.69) is 9.36 Å². The number of nitrogens with zero attached hydrogens (tertiary/aromatic N) is 1. The van der Waals surface area contributed by atoms with Gasteiger partial charge in [0.2, 0.25) is 5.78 Å². The molecule has 0 saturated carbocycles. The highest BCUT2D eigenvalue weighted by Crippen LogP contribution is 2.22. The van der Waals surface area contributed by atoms with E-state index in [0.29, 0.717) is 22.5 Å². The molecule has 0 aliphatic carbocycles. The van der Waals surface area contributed by atoms with Crippen LogP contribution in [0.5, 0.6) is 0 Å². The van der Waals surface area contributed by atoms with Crippen molar-refractivity contribution in [2.75, 3.05) is 18.9 Å². The highest BCUT2D eigenvalue weighted by atomic mass is 32.1. The van der Waals surface area contributed by atoms with Crippen LogP contribution in [-0.2, 0) is 9.47 Å². The number of rotatable bonds is 6. The molecule has 0 amide bonds. The van der Waals surface area contributed by atoms with Crippen molar-refractivity contribution in [3.8, 4) is 0 Å². The maximum Gasteiger partial charge on any atom is 0.343 e. The Balaban J connectivity index is 2.13. The van der Waals surface area contributed by atoms with Gasteiger partial charge in [-0.2, -0.15) is 4.37 Å². The summed E-state index contributed by atoms with van der Waals surface area (Å²) in [6.45, 7) is 6.40. The van der Waals surface area contributed by atoms with Crippen LogP contribution >= 0.6 is 11.5 Å². The summed E-state index contributed by atoms with van der Waals surface area (Å²) in [5.41, 5.74) is 7.82. The highest BCUT2D eigenvalue weighted by Gasteiger charge is 2.24.